The van der Waals surface area contributed by atoms with E-state index in [1.165, 1.54) is 19.2 Å². The van der Waals surface area contributed by atoms with Crippen molar-refractivity contribution in [2.24, 2.45) is 11.1 Å². The van der Waals surface area contributed by atoms with Crippen LogP contribution in [-0.4, -0.2) is 35.7 Å². The van der Waals surface area contributed by atoms with Gasteiger partial charge in [-0.2, -0.15) is 0 Å². The van der Waals surface area contributed by atoms with E-state index < -0.39 is 6.04 Å². The summed E-state index contributed by atoms with van der Waals surface area (Å²) in [7, 11) is 1.43. The quantitative estimate of drug-likeness (QED) is 0.801. The first-order valence-electron chi connectivity index (χ1n) is 6.66. The van der Waals surface area contributed by atoms with Gasteiger partial charge in [-0.1, -0.05) is 20.8 Å². The average molecular weight is 289 g/mol. The summed E-state index contributed by atoms with van der Waals surface area (Å²) in [5.41, 5.74) is 6.61. The highest BCUT2D eigenvalue weighted by molar-refractivity contribution is 6.21. The van der Waals surface area contributed by atoms with Gasteiger partial charge >= 0.3 is 0 Å². The molecule has 0 spiro atoms. The van der Waals surface area contributed by atoms with Gasteiger partial charge in [-0.05, 0) is 23.6 Å². The number of carbonyl (C=O) groups excluding carboxylic acids is 3. The maximum atomic E-state index is 12.1. The van der Waals surface area contributed by atoms with Crippen LogP contribution >= 0.6 is 0 Å². The summed E-state index contributed by atoms with van der Waals surface area (Å²) in [6, 6.07) is 3.96. The zero-order valence-electron chi connectivity index (χ0n) is 12.6. The fourth-order valence-electron chi connectivity index (χ4n) is 2.05. The third-order valence-corrected chi connectivity index (χ3v) is 3.57. The van der Waals surface area contributed by atoms with Gasteiger partial charge in [-0.15, -0.1) is 0 Å². The minimum atomic E-state index is -0.675. The molecule has 1 aliphatic rings. The Hall–Kier alpha value is -2.21. The molecular weight excluding hydrogens is 270 g/mol. The Morgan fingerprint density at radius 2 is 1.76 bits per heavy atom. The first kappa shape index (κ1) is 15.2. The molecule has 0 bridgehead atoms. The third kappa shape index (κ3) is 2.67. The topological polar surface area (TPSA) is 92.5 Å². The van der Waals surface area contributed by atoms with Crippen LogP contribution in [-0.2, 0) is 4.79 Å². The zero-order chi connectivity index (χ0) is 15.9. The highest BCUT2D eigenvalue weighted by atomic mass is 16.2. The Morgan fingerprint density at radius 1 is 1.19 bits per heavy atom. The number of fused-ring (bicyclic) bond motifs is 1. The molecule has 0 aromatic heterocycles. The maximum absolute atomic E-state index is 12.1. The van der Waals surface area contributed by atoms with Crippen LogP contribution in [0.5, 0.6) is 0 Å². The number of hydrogen-bond acceptors (Lipinski definition) is 4. The van der Waals surface area contributed by atoms with Gasteiger partial charge in [-0.25, -0.2) is 0 Å². The van der Waals surface area contributed by atoms with Crippen LogP contribution in [0, 0.1) is 5.41 Å². The maximum Gasteiger partial charge on any atom is 0.261 e. The predicted octanol–water partition coefficient (Wildman–Crippen LogP) is 1.22. The van der Waals surface area contributed by atoms with E-state index >= 15 is 0 Å². The van der Waals surface area contributed by atoms with E-state index in [0.717, 1.165) is 4.90 Å². The fourth-order valence-corrected chi connectivity index (χ4v) is 2.05. The summed E-state index contributed by atoms with van der Waals surface area (Å²) in [5, 5.41) is 2.68. The van der Waals surface area contributed by atoms with Gasteiger partial charge in [-0.3, -0.25) is 19.3 Å². The molecule has 3 N–H and O–H groups in total. The van der Waals surface area contributed by atoms with Crippen LogP contribution in [0.2, 0.25) is 0 Å². The molecule has 1 atom stereocenters. The number of imide groups is 1. The molecule has 21 heavy (non-hydrogen) atoms. The standard InChI is InChI=1S/C15H19N3O3/c1-15(2,3)11(16)12(19)17-8-5-6-9-10(7-8)14(21)18(4)13(9)20/h5-7,11H,16H2,1-4H3,(H,17,19). The molecule has 6 nitrogen and oxygen atoms in total. The van der Waals surface area contributed by atoms with Crippen molar-refractivity contribution in [2.75, 3.05) is 12.4 Å². The van der Waals surface area contributed by atoms with Gasteiger partial charge in [0.15, 0.2) is 0 Å². The lowest BCUT2D eigenvalue weighted by atomic mass is 9.87. The molecule has 0 saturated heterocycles. The molecule has 2 rings (SSSR count). The van der Waals surface area contributed by atoms with Gasteiger partial charge in [0.1, 0.15) is 0 Å². The molecule has 0 fully saturated rings. The molecule has 1 aromatic rings. The molecule has 1 aromatic carbocycles. The Kier molecular flexibility index (Phi) is 3.59. The first-order chi connectivity index (χ1) is 9.62. The van der Waals surface area contributed by atoms with Gasteiger partial charge in [0.25, 0.3) is 11.8 Å². The summed E-state index contributed by atoms with van der Waals surface area (Å²) >= 11 is 0. The second kappa shape index (κ2) is 4.96. The van der Waals surface area contributed by atoms with Crippen molar-refractivity contribution in [1.29, 1.82) is 0 Å². The van der Waals surface area contributed by atoms with Crippen molar-refractivity contribution in [3.63, 3.8) is 0 Å². The molecule has 1 aliphatic heterocycles. The van der Waals surface area contributed by atoms with E-state index in [4.69, 9.17) is 5.73 Å². The van der Waals surface area contributed by atoms with Crippen molar-refractivity contribution in [3.05, 3.63) is 29.3 Å². The van der Waals surface area contributed by atoms with E-state index in [9.17, 15) is 14.4 Å². The number of anilines is 1. The number of nitrogens with zero attached hydrogens (tertiary/aromatic N) is 1. The average Bonchev–Trinajstić information content (AvgIpc) is 2.62. The molecule has 0 saturated carbocycles. The summed E-state index contributed by atoms with van der Waals surface area (Å²) in [5.74, 6) is -1.03. The molecule has 0 radical (unpaired) electrons. The van der Waals surface area contributed by atoms with Gasteiger partial charge in [0.05, 0.1) is 17.2 Å². The van der Waals surface area contributed by atoms with E-state index in [1.54, 1.807) is 6.07 Å². The van der Waals surface area contributed by atoms with Crippen molar-refractivity contribution in [1.82, 2.24) is 4.90 Å². The molecule has 112 valence electrons. The summed E-state index contributed by atoms with van der Waals surface area (Å²) in [6.07, 6.45) is 0. The van der Waals surface area contributed by atoms with Crippen molar-refractivity contribution < 1.29 is 14.4 Å². The van der Waals surface area contributed by atoms with Crippen molar-refractivity contribution >= 4 is 23.4 Å². The minimum Gasteiger partial charge on any atom is -0.325 e. The van der Waals surface area contributed by atoms with Gasteiger partial charge in [0, 0.05) is 12.7 Å². The monoisotopic (exact) mass is 289 g/mol. The Balaban J connectivity index is 2.24. The van der Waals surface area contributed by atoms with Crippen molar-refractivity contribution in [2.45, 2.75) is 26.8 Å². The Morgan fingerprint density at radius 3 is 2.33 bits per heavy atom. The summed E-state index contributed by atoms with van der Waals surface area (Å²) in [6.45, 7) is 5.62. The molecular formula is C15H19N3O3. The molecule has 1 heterocycles. The van der Waals surface area contributed by atoms with E-state index in [-0.39, 0.29) is 23.1 Å². The lowest BCUT2D eigenvalue weighted by molar-refractivity contribution is -0.119. The number of rotatable bonds is 2. The number of carbonyl (C=O) groups is 3. The highest BCUT2D eigenvalue weighted by Gasteiger charge is 2.33. The lowest BCUT2D eigenvalue weighted by Crippen LogP contribution is -2.45. The van der Waals surface area contributed by atoms with Crippen LogP contribution in [0.15, 0.2) is 18.2 Å². The number of amides is 3. The first-order valence-corrected chi connectivity index (χ1v) is 6.66. The number of nitrogens with two attached hydrogens (primary N) is 1. The van der Waals surface area contributed by atoms with Crippen LogP contribution in [0.3, 0.4) is 0 Å². The second-order valence-corrected chi connectivity index (χ2v) is 6.26. The second-order valence-electron chi connectivity index (χ2n) is 6.26. The van der Waals surface area contributed by atoms with Crippen LogP contribution < -0.4 is 11.1 Å². The normalized spacial score (nSPS) is 16.0. The summed E-state index contributed by atoms with van der Waals surface area (Å²) < 4.78 is 0. The van der Waals surface area contributed by atoms with Crippen LogP contribution in [0.4, 0.5) is 5.69 Å². The van der Waals surface area contributed by atoms with E-state index in [2.05, 4.69) is 5.32 Å². The lowest BCUT2D eigenvalue weighted by Gasteiger charge is -2.25. The number of nitrogens with one attached hydrogen (secondary N) is 1. The molecule has 1 unspecified atom stereocenters. The van der Waals surface area contributed by atoms with Crippen molar-refractivity contribution in [3.8, 4) is 0 Å². The Bertz CT molecular complexity index is 632. The van der Waals surface area contributed by atoms with Crippen LogP contribution in [0.25, 0.3) is 0 Å². The van der Waals surface area contributed by atoms with E-state index in [0.29, 0.717) is 16.8 Å². The minimum absolute atomic E-state index is 0.296. The van der Waals surface area contributed by atoms with E-state index in [1.807, 2.05) is 20.8 Å². The smallest absolute Gasteiger partial charge is 0.261 e. The van der Waals surface area contributed by atoms with Crippen LogP contribution in [0.1, 0.15) is 41.5 Å². The summed E-state index contributed by atoms with van der Waals surface area (Å²) in [4.78, 5) is 36.8. The Labute approximate surface area is 123 Å². The highest BCUT2D eigenvalue weighted by Crippen LogP contribution is 2.25. The largest absolute Gasteiger partial charge is 0.325 e. The van der Waals surface area contributed by atoms with Gasteiger partial charge < -0.3 is 11.1 Å². The predicted molar refractivity (Wildman–Crippen MR) is 78.9 cm³/mol. The molecule has 0 aliphatic carbocycles. The van der Waals surface area contributed by atoms with Gasteiger partial charge in [0.2, 0.25) is 5.91 Å². The number of benzene rings is 1. The zero-order valence-corrected chi connectivity index (χ0v) is 12.6. The molecule has 3 amide bonds. The fraction of sp³-hybridized carbons (Fsp3) is 0.400. The SMILES string of the molecule is CN1C(=O)c2ccc(NC(=O)C(N)C(C)(C)C)cc2C1=O. The third-order valence-electron chi connectivity index (χ3n) is 3.57. The molecule has 6 heteroatoms. The number of hydrogen-bond donors (Lipinski definition) is 2.